The van der Waals surface area contributed by atoms with Crippen LogP contribution in [0.15, 0.2) is 53.9 Å². The number of anilines is 1. The van der Waals surface area contributed by atoms with Crippen LogP contribution in [-0.4, -0.2) is 72.9 Å². The molecular formula is C19H22N6O4S. The number of hydrogen-bond acceptors (Lipinski definition) is 8. The Labute approximate surface area is 174 Å². The van der Waals surface area contributed by atoms with E-state index in [0.29, 0.717) is 49.3 Å². The first kappa shape index (κ1) is 20.1. The maximum absolute atomic E-state index is 13.1. The Hall–Kier alpha value is -3.18. The van der Waals surface area contributed by atoms with E-state index in [1.807, 2.05) is 11.0 Å². The number of rotatable bonds is 6. The molecule has 0 N–H and O–H groups in total. The minimum atomic E-state index is -3.65. The highest BCUT2D eigenvalue weighted by Gasteiger charge is 2.30. The first-order valence-electron chi connectivity index (χ1n) is 9.32. The zero-order valence-electron chi connectivity index (χ0n) is 16.7. The minimum absolute atomic E-state index is 0.175. The third-order valence-corrected chi connectivity index (χ3v) is 6.80. The van der Waals surface area contributed by atoms with Crippen molar-refractivity contribution >= 4 is 15.8 Å². The normalized spacial score (nSPS) is 15.2. The molecule has 11 heteroatoms. The Kier molecular flexibility index (Phi) is 5.55. The van der Waals surface area contributed by atoms with Crippen molar-refractivity contribution in [1.29, 1.82) is 0 Å². The lowest BCUT2D eigenvalue weighted by atomic mass is 10.3. The molecule has 1 aliphatic heterocycles. The number of methoxy groups -OCH3 is 2. The molecule has 158 valence electrons. The van der Waals surface area contributed by atoms with E-state index in [1.165, 1.54) is 30.7 Å². The van der Waals surface area contributed by atoms with Gasteiger partial charge in [-0.1, -0.05) is 0 Å². The van der Waals surface area contributed by atoms with Crippen LogP contribution in [0.3, 0.4) is 0 Å². The van der Waals surface area contributed by atoms with Crippen molar-refractivity contribution in [2.45, 2.75) is 4.90 Å². The molecule has 0 unspecified atom stereocenters. The monoisotopic (exact) mass is 430 g/mol. The Morgan fingerprint density at radius 3 is 2.37 bits per heavy atom. The van der Waals surface area contributed by atoms with Crippen LogP contribution in [0.2, 0.25) is 0 Å². The fourth-order valence-electron chi connectivity index (χ4n) is 3.30. The largest absolute Gasteiger partial charge is 0.493 e. The summed E-state index contributed by atoms with van der Waals surface area (Å²) in [5.74, 6) is 2.16. The number of hydrogen-bond donors (Lipinski definition) is 0. The van der Waals surface area contributed by atoms with E-state index in [0.717, 1.165) is 0 Å². The molecule has 0 bridgehead atoms. The molecule has 0 amide bonds. The number of sulfonamides is 1. The van der Waals surface area contributed by atoms with Gasteiger partial charge in [-0.05, 0) is 18.2 Å². The Morgan fingerprint density at radius 1 is 0.967 bits per heavy atom. The van der Waals surface area contributed by atoms with Gasteiger partial charge in [0.2, 0.25) is 10.0 Å². The standard InChI is InChI=1S/C19H22N6O4S/c1-28-16-5-4-15(12-17(16)29-2)30(26,27)24-10-8-23(9-11-24)18-13-20-14-19(22-18)25-7-3-6-21-25/h3-7,12-14H,8-11H2,1-2H3. The molecule has 1 aromatic carbocycles. The summed E-state index contributed by atoms with van der Waals surface area (Å²) in [7, 11) is -0.661. The fraction of sp³-hybridized carbons (Fsp3) is 0.316. The van der Waals surface area contributed by atoms with Crippen LogP contribution >= 0.6 is 0 Å². The van der Waals surface area contributed by atoms with Crippen molar-refractivity contribution in [3.63, 3.8) is 0 Å². The van der Waals surface area contributed by atoms with Gasteiger partial charge < -0.3 is 14.4 Å². The lowest BCUT2D eigenvalue weighted by Crippen LogP contribution is -2.49. The summed E-state index contributed by atoms with van der Waals surface area (Å²) in [5, 5.41) is 4.17. The Bertz CT molecular complexity index is 1110. The van der Waals surface area contributed by atoms with Gasteiger partial charge in [0.15, 0.2) is 17.3 Å². The van der Waals surface area contributed by atoms with E-state index in [1.54, 1.807) is 35.5 Å². The average molecular weight is 430 g/mol. The van der Waals surface area contributed by atoms with Crippen LogP contribution in [-0.2, 0) is 10.0 Å². The lowest BCUT2D eigenvalue weighted by Gasteiger charge is -2.34. The van der Waals surface area contributed by atoms with Crippen LogP contribution < -0.4 is 14.4 Å². The summed E-state index contributed by atoms with van der Waals surface area (Å²) >= 11 is 0. The molecule has 2 aromatic heterocycles. The van der Waals surface area contributed by atoms with Crippen molar-refractivity contribution in [2.75, 3.05) is 45.3 Å². The summed E-state index contributed by atoms with van der Waals surface area (Å²) in [4.78, 5) is 11.0. The van der Waals surface area contributed by atoms with Gasteiger partial charge in [-0.3, -0.25) is 4.98 Å². The van der Waals surface area contributed by atoms with E-state index in [4.69, 9.17) is 9.47 Å². The summed E-state index contributed by atoms with van der Waals surface area (Å²) in [6.07, 6.45) is 6.77. The second-order valence-corrected chi connectivity index (χ2v) is 8.53. The summed E-state index contributed by atoms with van der Waals surface area (Å²) < 4.78 is 39.7. The van der Waals surface area contributed by atoms with Crippen LogP contribution in [0, 0.1) is 0 Å². The molecule has 0 aliphatic carbocycles. The molecule has 1 aliphatic rings. The number of ether oxygens (including phenoxy) is 2. The molecule has 0 atom stereocenters. The van der Waals surface area contributed by atoms with Crippen molar-refractivity contribution in [3.8, 4) is 17.3 Å². The summed E-state index contributed by atoms with van der Waals surface area (Å²) in [6.45, 7) is 1.68. The zero-order valence-corrected chi connectivity index (χ0v) is 17.5. The van der Waals surface area contributed by atoms with Crippen molar-refractivity contribution in [2.24, 2.45) is 0 Å². The average Bonchev–Trinajstić information content (AvgIpc) is 3.34. The van der Waals surface area contributed by atoms with Gasteiger partial charge in [0.1, 0.15) is 5.82 Å². The molecule has 4 rings (SSSR count). The van der Waals surface area contributed by atoms with E-state index < -0.39 is 10.0 Å². The highest BCUT2D eigenvalue weighted by molar-refractivity contribution is 7.89. The molecule has 0 radical (unpaired) electrons. The van der Waals surface area contributed by atoms with E-state index in [2.05, 4.69) is 15.1 Å². The summed E-state index contributed by atoms with van der Waals surface area (Å²) in [5.41, 5.74) is 0. The van der Waals surface area contributed by atoms with Gasteiger partial charge in [-0.15, -0.1) is 0 Å². The van der Waals surface area contributed by atoms with Gasteiger partial charge in [0.05, 0.1) is 31.5 Å². The van der Waals surface area contributed by atoms with Crippen molar-refractivity contribution in [1.82, 2.24) is 24.1 Å². The van der Waals surface area contributed by atoms with Gasteiger partial charge in [-0.25, -0.2) is 18.1 Å². The third-order valence-electron chi connectivity index (χ3n) is 4.90. The molecule has 0 saturated carbocycles. The first-order valence-corrected chi connectivity index (χ1v) is 10.8. The predicted molar refractivity (Wildman–Crippen MR) is 110 cm³/mol. The maximum atomic E-state index is 13.1. The van der Waals surface area contributed by atoms with E-state index >= 15 is 0 Å². The van der Waals surface area contributed by atoms with Crippen molar-refractivity contribution < 1.29 is 17.9 Å². The predicted octanol–water partition coefficient (Wildman–Crippen LogP) is 1.19. The van der Waals surface area contributed by atoms with Gasteiger partial charge in [-0.2, -0.15) is 9.40 Å². The van der Waals surface area contributed by atoms with E-state index in [9.17, 15) is 8.42 Å². The highest BCUT2D eigenvalue weighted by atomic mass is 32.2. The second-order valence-electron chi connectivity index (χ2n) is 6.59. The van der Waals surface area contributed by atoms with Gasteiger partial charge >= 0.3 is 0 Å². The third kappa shape index (κ3) is 3.81. The number of aromatic nitrogens is 4. The molecule has 3 heterocycles. The highest BCUT2D eigenvalue weighted by Crippen LogP contribution is 2.31. The van der Waals surface area contributed by atoms with Crippen LogP contribution in [0.1, 0.15) is 0 Å². The number of benzene rings is 1. The smallest absolute Gasteiger partial charge is 0.243 e. The Morgan fingerprint density at radius 2 is 1.70 bits per heavy atom. The van der Waals surface area contributed by atoms with E-state index in [-0.39, 0.29) is 4.90 Å². The molecule has 10 nitrogen and oxygen atoms in total. The lowest BCUT2D eigenvalue weighted by molar-refractivity contribution is 0.353. The van der Waals surface area contributed by atoms with Gasteiger partial charge in [0, 0.05) is 44.6 Å². The van der Waals surface area contributed by atoms with Crippen LogP contribution in [0.4, 0.5) is 5.82 Å². The SMILES string of the molecule is COc1ccc(S(=O)(=O)N2CCN(c3cncc(-n4cccn4)n3)CC2)cc1OC. The van der Waals surface area contributed by atoms with Crippen LogP contribution in [0.5, 0.6) is 11.5 Å². The van der Waals surface area contributed by atoms with Gasteiger partial charge in [0.25, 0.3) is 0 Å². The second kappa shape index (κ2) is 8.28. The first-order chi connectivity index (χ1) is 14.5. The Balaban J connectivity index is 1.49. The maximum Gasteiger partial charge on any atom is 0.243 e. The zero-order chi connectivity index (χ0) is 21.1. The number of nitrogens with zero attached hydrogens (tertiary/aromatic N) is 6. The molecular weight excluding hydrogens is 408 g/mol. The molecule has 3 aromatic rings. The molecule has 1 saturated heterocycles. The quantitative estimate of drug-likeness (QED) is 0.575. The fourth-order valence-corrected chi connectivity index (χ4v) is 4.73. The molecule has 30 heavy (non-hydrogen) atoms. The number of piperazine rings is 1. The van der Waals surface area contributed by atoms with Crippen molar-refractivity contribution in [3.05, 3.63) is 49.1 Å². The van der Waals surface area contributed by atoms with Crippen LogP contribution in [0.25, 0.3) is 5.82 Å². The summed E-state index contributed by atoms with van der Waals surface area (Å²) in [6, 6.07) is 6.42. The molecule has 0 spiro atoms. The topological polar surface area (TPSA) is 103 Å². The molecule has 1 fully saturated rings. The minimum Gasteiger partial charge on any atom is -0.493 e.